The molecule has 1 amide bonds. The van der Waals surface area contributed by atoms with Crippen LogP contribution in [-0.2, 0) is 16.6 Å². The Balaban J connectivity index is 1.65. The molecule has 0 unspecified atom stereocenters. The molecule has 0 fully saturated rings. The van der Waals surface area contributed by atoms with Crippen LogP contribution in [0.25, 0.3) is 0 Å². The first-order valence-corrected chi connectivity index (χ1v) is 10.5. The number of amides is 1. The van der Waals surface area contributed by atoms with Crippen LogP contribution in [0.2, 0.25) is 0 Å². The minimum Gasteiger partial charge on any atom is -0.494 e. The standard InChI is InChI=1S/C20H20N2O6S/c1-26-19-12-14(8-10-17(19)22-29(2,24)25)21-20(23)18-11-9-16(28-18)13-27-15-6-4-3-5-7-15/h3-12,22H,13H2,1-2H3,(H,21,23). The van der Waals surface area contributed by atoms with Gasteiger partial charge in [-0.3, -0.25) is 9.52 Å². The van der Waals surface area contributed by atoms with Crippen molar-refractivity contribution in [3.8, 4) is 11.5 Å². The molecule has 0 aliphatic carbocycles. The normalized spacial score (nSPS) is 11.0. The molecule has 8 nitrogen and oxygen atoms in total. The Morgan fingerprint density at radius 1 is 1.07 bits per heavy atom. The number of hydrogen-bond acceptors (Lipinski definition) is 6. The molecule has 0 aliphatic heterocycles. The maximum atomic E-state index is 12.4. The number of rotatable bonds is 8. The van der Waals surface area contributed by atoms with Crippen LogP contribution in [0.4, 0.5) is 11.4 Å². The Labute approximate surface area is 168 Å². The molecule has 1 heterocycles. The van der Waals surface area contributed by atoms with Crippen LogP contribution in [0.5, 0.6) is 11.5 Å². The second-order valence-electron chi connectivity index (χ2n) is 6.11. The van der Waals surface area contributed by atoms with E-state index < -0.39 is 15.9 Å². The summed E-state index contributed by atoms with van der Waals surface area (Å²) in [5.74, 6) is 1.13. The van der Waals surface area contributed by atoms with Crippen LogP contribution in [0.3, 0.4) is 0 Å². The lowest BCUT2D eigenvalue weighted by molar-refractivity contribution is 0.0992. The highest BCUT2D eigenvalue weighted by Gasteiger charge is 2.14. The third-order valence-corrected chi connectivity index (χ3v) is 4.36. The van der Waals surface area contributed by atoms with Gasteiger partial charge in [0.1, 0.15) is 23.9 Å². The number of hydrogen-bond donors (Lipinski definition) is 2. The van der Waals surface area contributed by atoms with E-state index in [1.807, 2.05) is 30.3 Å². The molecule has 3 aromatic rings. The zero-order chi connectivity index (χ0) is 20.9. The Bertz CT molecular complexity index is 1090. The van der Waals surface area contributed by atoms with E-state index in [0.717, 1.165) is 6.26 Å². The van der Waals surface area contributed by atoms with Gasteiger partial charge in [0.05, 0.1) is 19.1 Å². The van der Waals surface area contributed by atoms with E-state index in [1.165, 1.54) is 19.2 Å². The second-order valence-corrected chi connectivity index (χ2v) is 7.86. The molecule has 1 aromatic heterocycles. The third-order valence-electron chi connectivity index (χ3n) is 3.76. The highest BCUT2D eigenvalue weighted by atomic mass is 32.2. The van der Waals surface area contributed by atoms with Crippen LogP contribution >= 0.6 is 0 Å². The smallest absolute Gasteiger partial charge is 0.291 e. The fourth-order valence-corrected chi connectivity index (χ4v) is 3.06. The van der Waals surface area contributed by atoms with E-state index in [0.29, 0.717) is 17.2 Å². The molecule has 0 radical (unpaired) electrons. The van der Waals surface area contributed by atoms with Gasteiger partial charge < -0.3 is 19.2 Å². The van der Waals surface area contributed by atoms with Gasteiger partial charge in [0, 0.05) is 11.8 Å². The summed E-state index contributed by atoms with van der Waals surface area (Å²) in [5, 5.41) is 2.68. The first-order valence-electron chi connectivity index (χ1n) is 8.58. The number of para-hydroxylation sites is 1. The van der Waals surface area contributed by atoms with Crippen molar-refractivity contribution in [1.82, 2.24) is 0 Å². The fraction of sp³-hybridized carbons (Fsp3) is 0.150. The van der Waals surface area contributed by atoms with Gasteiger partial charge >= 0.3 is 0 Å². The Hall–Kier alpha value is -3.46. The molecule has 0 saturated carbocycles. The van der Waals surface area contributed by atoms with Gasteiger partial charge in [0.15, 0.2) is 5.76 Å². The predicted octanol–water partition coefficient (Wildman–Crippen LogP) is 3.49. The number of carbonyl (C=O) groups is 1. The predicted molar refractivity (Wildman–Crippen MR) is 109 cm³/mol. The van der Waals surface area contributed by atoms with Gasteiger partial charge in [-0.25, -0.2) is 8.42 Å². The van der Waals surface area contributed by atoms with Crippen LogP contribution in [0.1, 0.15) is 16.3 Å². The van der Waals surface area contributed by atoms with E-state index in [9.17, 15) is 13.2 Å². The number of ether oxygens (including phenoxy) is 2. The van der Waals surface area contributed by atoms with Crippen LogP contribution in [0.15, 0.2) is 65.1 Å². The number of nitrogens with one attached hydrogen (secondary N) is 2. The quantitative estimate of drug-likeness (QED) is 0.582. The molecule has 0 bridgehead atoms. The molecule has 2 N–H and O–H groups in total. The highest BCUT2D eigenvalue weighted by Crippen LogP contribution is 2.29. The van der Waals surface area contributed by atoms with Gasteiger partial charge in [0.2, 0.25) is 10.0 Å². The molecule has 0 aliphatic rings. The van der Waals surface area contributed by atoms with Gasteiger partial charge in [-0.15, -0.1) is 0 Å². The topological polar surface area (TPSA) is 107 Å². The number of sulfonamides is 1. The molecule has 0 spiro atoms. The zero-order valence-corrected chi connectivity index (χ0v) is 16.7. The summed E-state index contributed by atoms with van der Waals surface area (Å²) in [6, 6.07) is 17.0. The maximum Gasteiger partial charge on any atom is 0.291 e. The lowest BCUT2D eigenvalue weighted by Crippen LogP contribution is -2.13. The van der Waals surface area contributed by atoms with E-state index >= 15 is 0 Å². The second kappa shape index (κ2) is 8.70. The third kappa shape index (κ3) is 5.76. The highest BCUT2D eigenvalue weighted by molar-refractivity contribution is 7.92. The largest absolute Gasteiger partial charge is 0.494 e. The number of furan rings is 1. The van der Waals surface area contributed by atoms with Crippen molar-refractivity contribution in [2.24, 2.45) is 0 Å². The van der Waals surface area contributed by atoms with Gasteiger partial charge in [0.25, 0.3) is 5.91 Å². The van der Waals surface area contributed by atoms with Gasteiger partial charge in [-0.1, -0.05) is 18.2 Å². The van der Waals surface area contributed by atoms with Crippen molar-refractivity contribution >= 4 is 27.3 Å². The number of methoxy groups -OCH3 is 1. The number of benzene rings is 2. The molecule has 9 heteroatoms. The lowest BCUT2D eigenvalue weighted by Gasteiger charge is -2.12. The summed E-state index contributed by atoms with van der Waals surface area (Å²) in [6.45, 7) is 0.191. The van der Waals surface area contributed by atoms with Crippen LogP contribution in [-0.4, -0.2) is 27.7 Å². The zero-order valence-electron chi connectivity index (χ0n) is 15.8. The number of carbonyl (C=O) groups excluding carboxylic acids is 1. The van der Waals surface area contributed by atoms with Crippen molar-refractivity contribution in [2.75, 3.05) is 23.4 Å². The summed E-state index contributed by atoms with van der Waals surface area (Å²) in [6.07, 6.45) is 1.04. The molecule has 0 atom stereocenters. The number of anilines is 2. The molecule has 29 heavy (non-hydrogen) atoms. The molecule has 152 valence electrons. The Morgan fingerprint density at radius 2 is 1.83 bits per heavy atom. The summed E-state index contributed by atoms with van der Waals surface area (Å²) >= 11 is 0. The molecular formula is C20H20N2O6S. The van der Waals surface area contributed by atoms with Crippen LogP contribution < -0.4 is 19.5 Å². The lowest BCUT2D eigenvalue weighted by atomic mass is 10.2. The van der Waals surface area contributed by atoms with Crippen molar-refractivity contribution in [1.29, 1.82) is 0 Å². The van der Waals surface area contributed by atoms with Crippen molar-refractivity contribution in [3.05, 3.63) is 72.2 Å². The monoisotopic (exact) mass is 416 g/mol. The van der Waals surface area contributed by atoms with E-state index in [-0.39, 0.29) is 23.8 Å². The molecule has 0 saturated heterocycles. The summed E-state index contributed by atoms with van der Waals surface area (Å²) in [7, 11) is -2.05. The summed E-state index contributed by atoms with van der Waals surface area (Å²) in [4.78, 5) is 12.4. The minimum absolute atomic E-state index is 0.119. The van der Waals surface area contributed by atoms with Gasteiger partial charge in [-0.2, -0.15) is 0 Å². The fourth-order valence-electron chi connectivity index (χ4n) is 2.49. The van der Waals surface area contributed by atoms with Crippen LogP contribution in [0, 0.1) is 0 Å². The van der Waals surface area contributed by atoms with E-state index in [1.54, 1.807) is 18.2 Å². The SMILES string of the molecule is COc1cc(NC(=O)c2ccc(COc3ccccc3)o2)ccc1NS(C)(=O)=O. The average molecular weight is 416 g/mol. The first kappa shape index (κ1) is 20.3. The van der Waals surface area contributed by atoms with Crippen molar-refractivity contribution in [3.63, 3.8) is 0 Å². The molecule has 3 rings (SSSR count). The summed E-state index contributed by atoms with van der Waals surface area (Å²) in [5.41, 5.74) is 0.690. The molecular weight excluding hydrogens is 396 g/mol. The van der Waals surface area contributed by atoms with E-state index in [2.05, 4.69) is 10.0 Å². The van der Waals surface area contributed by atoms with E-state index in [4.69, 9.17) is 13.9 Å². The minimum atomic E-state index is -3.46. The van der Waals surface area contributed by atoms with Crippen molar-refractivity contribution < 1.29 is 27.1 Å². The Kier molecular flexibility index (Phi) is 6.08. The first-order chi connectivity index (χ1) is 13.8. The maximum absolute atomic E-state index is 12.4. The molecule has 2 aromatic carbocycles. The van der Waals surface area contributed by atoms with Gasteiger partial charge in [-0.05, 0) is 36.4 Å². The average Bonchev–Trinajstić information content (AvgIpc) is 3.16. The summed E-state index contributed by atoms with van der Waals surface area (Å²) < 4.78 is 41.4. The Morgan fingerprint density at radius 3 is 2.52 bits per heavy atom. The van der Waals surface area contributed by atoms with Crippen molar-refractivity contribution in [2.45, 2.75) is 6.61 Å².